The quantitative estimate of drug-likeness (QED) is 0.825. The van der Waals surface area contributed by atoms with E-state index in [1.54, 1.807) is 6.92 Å². The van der Waals surface area contributed by atoms with Gasteiger partial charge in [0.25, 0.3) is 0 Å². The second-order valence-electron chi connectivity index (χ2n) is 4.66. The molecule has 0 aliphatic heterocycles. The van der Waals surface area contributed by atoms with Gasteiger partial charge in [0.15, 0.2) is 0 Å². The lowest BCUT2D eigenvalue weighted by molar-refractivity contribution is -0.142. The molecule has 17 heavy (non-hydrogen) atoms. The first-order chi connectivity index (χ1) is 7.93. The van der Waals surface area contributed by atoms with E-state index < -0.39 is 5.97 Å². The molecule has 0 radical (unpaired) electrons. The van der Waals surface area contributed by atoms with Gasteiger partial charge in [-0.25, -0.2) is 0 Å². The van der Waals surface area contributed by atoms with Crippen LogP contribution in [0.25, 0.3) is 0 Å². The summed E-state index contributed by atoms with van der Waals surface area (Å²) < 4.78 is 0. The number of aryl methyl sites for hydroxylation is 1. The highest BCUT2D eigenvalue weighted by molar-refractivity contribution is 5.70. The Morgan fingerprint density at radius 2 is 1.82 bits per heavy atom. The molecule has 0 aromatic heterocycles. The molecule has 3 atom stereocenters. The number of rotatable bonds is 5. The van der Waals surface area contributed by atoms with Gasteiger partial charge < -0.3 is 10.4 Å². The number of nitrogens with one attached hydrogen (secondary N) is 1. The van der Waals surface area contributed by atoms with Crippen LogP contribution in [0.1, 0.15) is 37.9 Å². The molecule has 0 heterocycles. The first-order valence-corrected chi connectivity index (χ1v) is 5.98. The number of carbonyl (C=O) groups is 1. The second-order valence-corrected chi connectivity index (χ2v) is 4.66. The lowest BCUT2D eigenvalue weighted by atomic mass is 9.99. The zero-order valence-corrected chi connectivity index (χ0v) is 10.9. The molecular weight excluding hydrogens is 214 g/mol. The minimum absolute atomic E-state index is 0.0536. The van der Waals surface area contributed by atoms with Gasteiger partial charge >= 0.3 is 5.97 Å². The van der Waals surface area contributed by atoms with E-state index in [9.17, 15) is 4.79 Å². The predicted octanol–water partition coefficient (Wildman–Crippen LogP) is 2.75. The summed E-state index contributed by atoms with van der Waals surface area (Å²) in [7, 11) is 0. The van der Waals surface area contributed by atoms with Crippen LogP contribution in [0, 0.1) is 12.8 Å². The maximum atomic E-state index is 10.9. The third-order valence-electron chi connectivity index (χ3n) is 3.31. The van der Waals surface area contributed by atoms with Gasteiger partial charge in [-0.05, 0) is 31.9 Å². The third kappa shape index (κ3) is 3.56. The standard InChI is InChI=1S/C14H21NO2/c1-9-7-5-6-8-13(9)12(4)15-11(3)10(2)14(16)17/h5-8,10-12,15H,1-4H3,(H,16,17)/t10?,11?,12-/m0/s1. The van der Waals surface area contributed by atoms with Crippen molar-refractivity contribution in [2.75, 3.05) is 0 Å². The Kier molecular flexibility index (Phi) is 4.70. The summed E-state index contributed by atoms with van der Waals surface area (Å²) in [6.07, 6.45) is 0. The smallest absolute Gasteiger partial charge is 0.307 e. The molecule has 1 rings (SSSR count). The van der Waals surface area contributed by atoms with Crippen molar-refractivity contribution in [3.8, 4) is 0 Å². The zero-order chi connectivity index (χ0) is 13.0. The molecule has 0 saturated heterocycles. The SMILES string of the molecule is Cc1ccccc1[C@H](C)NC(C)C(C)C(=O)O. The molecule has 94 valence electrons. The van der Waals surface area contributed by atoms with Gasteiger partial charge in [0.2, 0.25) is 0 Å². The molecule has 0 aliphatic carbocycles. The molecule has 0 saturated carbocycles. The van der Waals surface area contributed by atoms with E-state index in [0.717, 1.165) is 0 Å². The van der Waals surface area contributed by atoms with Crippen molar-refractivity contribution in [2.24, 2.45) is 5.92 Å². The molecule has 3 nitrogen and oxygen atoms in total. The van der Waals surface area contributed by atoms with E-state index in [2.05, 4.69) is 31.3 Å². The summed E-state index contributed by atoms with van der Waals surface area (Å²) in [6.45, 7) is 7.77. The van der Waals surface area contributed by atoms with Crippen LogP contribution in [-0.2, 0) is 4.79 Å². The average Bonchev–Trinajstić information content (AvgIpc) is 2.28. The van der Waals surface area contributed by atoms with Crippen molar-refractivity contribution in [3.05, 3.63) is 35.4 Å². The predicted molar refractivity (Wildman–Crippen MR) is 69.0 cm³/mol. The molecule has 0 fully saturated rings. The van der Waals surface area contributed by atoms with Crippen LogP contribution in [0.5, 0.6) is 0 Å². The second kappa shape index (κ2) is 5.82. The Morgan fingerprint density at radius 3 is 2.35 bits per heavy atom. The fraction of sp³-hybridized carbons (Fsp3) is 0.500. The van der Waals surface area contributed by atoms with Crippen LogP contribution < -0.4 is 5.32 Å². The first-order valence-electron chi connectivity index (χ1n) is 5.98. The Bertz CT molecular complexity index is 390. The van der Waals surface area contributed by atoms with Crippen LogP contribution >= 0.6 is 0 Å². The fourth-order valence-corrected chi connectivity index (χ4v) is 1.91. The van der Waals surface area contributed by atoms with E-state index in [4.69, 9.17) is 5.11 Å². The lowest BCUT2D eigenvalue weighted by Crippen LogP contribution is -2.37. The minimum atomic E-state index is -0.762. The third-order valence-corrected chi connectivity index (χ3v) is 3.31. The normalized spacial score (nSPS) is 16.2. The summed E-state index contributed by atoms with van der Waals surface area (Å²) in [5.74, 6) is -1.15. The van der Waals surface area contributed by atoms with E-state index in [-0.39, 0.29) is 18.0 Å². The van der Waals surface area contributed by atoms with Crippen LogP contribution in [0.4, 0.5) is 0 Å². The van der Waals surface area contributed by atoms with E-state index in [1.165, 1.54) is 11.1 Å². The van der Waals surface area contributed by atoms with Crippen LogP contribution in [-0.4, -0.2) is 17.1 Å². The Balaban J connectivity index is 2.70. The van der Waals surface area contributed by atoms with E-state index in [0.29, 0.717) is 0 Å². The number of aliphatic carboxylic acids is 1. The van der Waals surface area contributed by atoms with Crippen molar-refractivity contribution in [1.82, 2.24) is 5.32 Å². The maximum Gasteiger partial charge on any atom is 0.307 e. The van der Waals surface area contributed by atoms with Gasteiger partial charge in [0.1, 0.15) is 0 Å². The Labute approximate surface area is 103 Å². The maximum absolute atomic E-state index is 10.9. The lowest BCUT2D eigenvalue weighted by Gasteiger charge is -2.24. The van der Waals surface area contributed by atoms with Crippen LogP contribution in [0.2, 0.25) is 0 Å². The monoisotopic (exact) mass is 235 g/mol. The molecule has 0 amide bonds. The van der Waals surface area contributed by atoms with Gasteiger partial charge in [0.05, 0.1) is 5.92 Å². The number of hydrogen-bond acceptors (Lipinski definition) is 2. The molecular formula is C14H21NO2. The summed E-state index contributed by atoms with van der Waals surface area (Å²) >= 11 is 0. The fourth-order valence-electron chi connectivity index (χ4n) is 1.91. The van der Waals surface area contributed by atoms with Gasteiger partial charge in [0, 0.05) is 12.1 Å². The van der Waals surface area contributed by atoms with E-state index in [1.807, 2.05) is 19.1 Å². The highest BCUT2D eigenvalue weighted by Gasteiger charge is 2.21. The molecule has 0 aliphatic rings. The van der Waals surface area contributed by atoms with Crippen molar-refractivity contribution in [2.45, 2.75) is 39.8 Å². The summed E-state index contributed by atoms with van der Waals surface area (Å²) in [6, 6.07) is 8.26. The highest BCUT2D eigenvalue weighted by atomic mass is 16.4. The molecule has 0 bridgehead atoms. The van der Waals surface area contributed by atoms with Gasteiger partial charge in [-0.2, -0.15) is 0 Å². The van der Waals surface area contributed by atoms with E-state index >= 15 is 0 Å². The zero-order valence-electron chi connectivity index (χ0n) is 10.9. The molecule has 2 unspecified atom stereocenters. The Hall–Kier alpha value is -1.35. The number of carboxylic acid groups (broad SMARTS) is 1. The van der Waals surface area contributed by atoms with Crippen LogP contribution in [0.15, 0.2) is 24.3 Å². The first kappa shape index (κ1) is 13.7. The molecule has 2 N–H and O–H groups in total. The van der Waals surface area contributed by atoms with Crippen molar-refractivity contribution < 1.29 is 9.90 Å². The van der Waals surface area contributed by atoms with Crippen LogP contribution in [0.3, 0.4) is 0 Å². The topological polar surface area (TPSA) is 49.3 Å². The summed E-state index contributed by atoms with van der Waals surface area (Å²) in [5, 5.41) is 12.3. The highest BCUT2D eigenvalue weighted by Crippen LogP contribution is 2.18. The summed E-state index contributed by atoms with van der Waals surface area (Å²) in [4.78, 5) is 10.9. The average molecular weight is 235 g/mol. The van der Waals surface area contributed by atoms with Crippen molar-refractivity contribution in [3.63, 3.8) is 0 Å². The molecule has 3 heteroatoms. The van der Waals surface area contributed by atoms with Crippen molar-refractivity contribution >= 4 is 5.97 Å². The van der Waals surface area contributed by atoms with Crippen molar-refractivity contribution in [1.29, 1.82) is 0 Å². The number of carboxylic acids is 1. The Morgan fingerprint density at radius 1 is 1.24 bits per heavy atom. The minimum Gasteiger partial charge on any atom is -0.481 e. The molecule has 1 aromatic carbocycles. The molecule has 0 spiro atoms. The number of benzene rings is 1. The number of hydrogen-bond donors (Lipinski definition) is 2. The van der Waals surface area contributed by atoms with Gasteiger partial charge in [-0.1, -0.05) is 31.2 Å². The van der Waals surface area contributed by atoms with Gasteiger partial charge in [-0.15, -0.1) is 0 Å². The molecule has 1 aromatic rings. The largest absolute Gasteiger partial charge is 0.481 e. The van der Waals surface area contributed by atoms with Gasteiger partial charge in [-0.3, -0.25) is 4.79 Å². The summed E-state index contributed by atoms with van der Waals surface area (Å²) in [5.41, 5.74) is 2.44.